The summed E-state index contributed by atoms with van der Waals surface area (Å²) in [7, 11) is 0. The van der Waals surface area contributed by atoms with Gasteiger partial charge in [0.05, 0.1) is 6.61 Å². The third-order valence-corrected chi connectivity index (χ3v) is 3.76. The molecule has 0 aliphatic carbocycles. The predicted octanol–water partition coefficient (Wildman–Crippen LogP) is 3.84. The van der Waals surface area contributed by atoms with Crippen molar-refractivity contribution in [3.8, 4) is 0 Å². The quantitative estimate of drug-likeness (QED) is 0.153. The van der Waals surface area contributed by atoms with Crippen LogP contribution in [0.15, 0.2) is 16.6 Å². The second-order valence-corrected chi connectivity index (χ2v) is 11.0. The molecule has 212 valence electrons. The van der Waals surface area contributed by atoms with Crippen molar-refractivity contribution >= 4 is 30.6 Å². The standard InChI is InChI=1S/C14H24N2O4.C11H20N2O4/c1-5-19-12(17)11(8-10-6-7-15-9-10)16-13(18)20-14(2,3)4;1-10(2,3)16-8(14)12-7-13-9(15)17-11(4,5)6/h6,11,15H,5,7-9H2,1-4H3,(H,16,18);7H,1-6H3,(H,12,13,14,15). The van der Waals surface area contributed by atoms with Crippen LogP contribution < -0.4 is 16.0 Å². The van der Waals surface area contributed by atoms with E-state index in [4.69, 9.17) is 18.9 Å². The highest BCUT2D eigenvalue weighted by Gasteiger charge is 2.26. The average molecular weight is 529 g/mol. The number of hydrogen-bond donors (Lipinski definition) is 3. The highest BCUT2D eigenvalue weighted by atomic mass is 16.6. The Bertz CT molecular complexity index is 833. The van der Waals surface area contributed by atoms with Crippen LogP contribution in [0, 0.1) is 0 Å². The fourth-order valence-electron chi connectivity index (χ4n) is 2.56. The van der Waals surface area contributed by atoms with Crippen LogP contribution in [0.25, 0.3) is 0 Å². The summed E-state index contributed by atoms with van der Waals surface area (Å²) in [6.45, 7) is 19.2. The minimum absolute atomic E-state index is 0.280. The molecule has 3 amide bonds. The normalized spacial score (nSPS) is 14.5. The maximum atomic E-state index is 11.9. The third kappa shape index (κ3) is 19.7. The molecule has 1 heterocycles. The van der Waals surface area contributed by atoms with Crippen LogP contribution in [0.5, 0.6) is 0 Å². The molecule has 0 saturated carbocycles. The summed E-state index contributed by atoms with van der Waals surface area (Å²) in [4.78, 5) is 49.3. The van der Waals surface area contributed by atoms with Gasteiger partial charge in [-0.05, 0) is 69.2 Å². The van der Waals surface area contributed by atoms with Gasteiger partial charge in [-0.15, -0.1) is 0 Å². The van der Waals surface area contributed by atoms with E-state index in [1.165, 1.54) is 0 Å². The first kappa shape index (κ1) is 33.8. The van der Waals surface area contributed by atoms with Crippen LogP contribution in [0.1, 0.15) is 75.7 Å². The molecule has 0 aromatic rings. The van der Waals surface area contributed by atoms with Crippen LogP contribution in [0.4, 0.5) is 14.4 Å². The fraction of sp³-hybridized carbons (Fsp3) is 0.720. The number of carbonyl (C=O) groups is 4. The SMILES string of the molecule is CC(C)(C)OC(=O)N=CNC(=O)OC(C)(C)C.CCOC(=O)C(CC1=CCNC1)NC(=O)OC(C)(C)C. The molecule has 1 aliphatic rings. The molecule has 0 radical (unpaired) electrons. The molecule has 0 bridgehead atoms. The lowest BCUT2D eigenvalue weighted by molar-refractivity contribution is -0.145. The van der Waals surface area contributed by atoms with Crippen molar-refractivity contribution in [2.75, 3.05) is 19.7 Å². The molecular formula is C25H44N4O8. The van der Waals surface area contributed by atoms with E-state index in [9.17, 15) is 19.2 Å². The zero-order chi connectivity index (χ0) is 28.9. The summed E-state index contributed by atoms with van der Waals surface area (Å²) in [6.07, 6.45) is 1.34. The van der Waals surface area contributed by atoms with Gasteiger partial charge < -0.3 is 29.6 Å². The van der Waals surface area contributed by atoms with Crippen molar-refractivity contribution in [1.82, 2.24) is 16.0 Å². The Kier molecular flexibility index (Phi) is 13.9. The number of esters is 1. The zero-order valence-electron chi connectivity index (χ0n) is 23.8. The van der Waals surface area contributed by atoms with Gasteiger partial charge in [-0.3, -0.25) is 5.32 Å². The third-order valence-electron chi connectivity index (χ3n) is 3.76. The molecular weight excluding hydrogens is 484 g/mol. The van der Waals surface area contributed by atoms with Gasteiger partial charge in [-0.2, -0.15) is 4.99 Å². The van der Waals surface area contributed by atoms with Crippen molar-refractivity contribution in [3.63, 3.8) is 0 Å². The minimum atomic E-state index is -0.770. The molecule has 0 aromatic carbocycles. The van der Waals surface area contributed by atoms with E-state index in [1.807, 2.05) is 6.08 Å². The number of aliphatic imine (C=N–C) groups is 1. The Morgan fingerprint density at radius 1 is 0.946 bits per heavy atom. The molecule has 12 heteroatoms. The van der Waals surface area contributed by atoms with Gasteiger partial charge in [0, 0.05) is 19.5 Å². The van der Waals surface area contributed by atoms with Gasteiger partial charge in [0.25, 0.3) is 0 Å². The van der Waals surface area contributed by atoms with E-state index in [0.717, 1.165) is 25.0 Å². The van der Waals surface area contributed by atoms with E-state index in [2.05, 4.69) is 20.9 Å². The maximum absolute atomic E-state index is 11.9. The molecule has 0 spiro atoms. The Balaban J connectivity index is 0.000000712. The first-order valence-electron chi connectivity index (χ1n) is 12.1. The summed E-state index contributed by atoms with van der Waals surface area (Å²) in [5, 5.41) is 7.93. The molecule has 1 aliphatic heterocycles. The van der Waals surface area contributed by atoms with Crippen LogP contribution >= 0.6 is 0 Å². The minimum Gasteiger partial charge on any atom is -0.464 e. The lowest BCUT2D eigenvalue weighted by Gasteiger charge is -2.23. The number of carbonyl (C=O) groups excluding carboxylic acids is 4. The molecule has 3 N–H and O–H groups in total. The highest BCUT2D eigenvalue weighted by molar-refractivity contribution is 5.87. The van der Waals surface area contributed by atoms with E-state index in [-0.39, 0.29) is 6.61 Å². The summed E-state index contributed by atoms with van der Waals surface area (Å²) in [5.74, 6) is -0.439. The first-order chi connectivity index (χ1) is 16.8. The van der Waals surface area contributed by atoms with Crippen LogP contribution in [-0.4, -0.2) is 73.1 Å². The lowest BCUT2D eigenvalue weighted by Crippen LogP contribution is -2.44. The number of nitrogens with zero attached hydrogens (tertiary/aromatic N) is 1. The topological polar surface area (TPSA) is 154 Å². The average Bonchev–Trinajstić information content (AvgIpc) is 3.17. The largest absolute Gasteiger partial charge is 0.464 e. The molecule has 1 rings (SSSR count). The Hall–Kier alpha value is -3.15. The number of rotatable bonds is 6. The summed E-state index contributed by atoms with van der Waals surface area (Å²) in [5.41, 5.74) is -0.721. The Morgan fingerprint density at radius 2 is 1.49 bits per heavy atom. The molecule has 1 unspecified atom stereocenters. The van der Waals surface area contributed by atoms with Gasteiger partial charge in [-0.25, -0.2) is 19.2 Å². The molecule has 1 atom stereocenters. The fourth-order valence-corrected chi connectivity index (χ4v) is 2.56. The highest BCUT2D eigenvalue weighted by Crippen LogP contribution is 2.12. The van der Waals surface area contributed by atoms with E-state index >= 15 is 0 Å². The summed E-state index contributed by atoms with van der Waals surface area (Å²) in [6, 6.07) is -0.712. The predicted molar refractivity (Wildman–Crippen MR) is 139 cm³/mol. The molecule has 0 aromatic heterocycles. The number of ether oxygens (including phenoxy) is 4. The van der Waals surface area contributed by atoms with Gasteiger partial charge >= 0.3 is 24.2 Å². The van der Waals surface area contributed by atoms with Gasteiger partial charge in [0.1, 0.15) is 29.2 Å². The molecule has 0 saturated heterocycles. The van der Waals surface area contributed by atoms with E-state index in [1.54, 1.807) is 69.2 Å². The number of hydrogen-bond acceptors (Lipinski definition) is 9. The van der Waals surface area contributed by atoms with Crippen LogP contribution in [0.2, 0.25) is 0 Å². The van der Waals surface area contributed by atoms with Crippen molar-refractivity contribution in [2.45, 2.75) is 98.5 Å². The second kappa shape index (κ2) is 15.2. The smallest absolute Gasteiger partial charge is 0.435 e. The number of alkyl carbamates (subject to hydrolysis) is 2. The summed E-state index contributed by atoms with van der Waals surface area (Å²) < 4.78 is 20.0. The molecule has 0 fully saturated rings. The number of amides is 3. The van der Waals surface area contributed by atoms with E-state index < -0.39 is 47.1 Å². The maximum Gasteiger partial charge on any atom is 0.435 e. The van der Waals surface area contributed by atoms with Gasteiger partial charge in [0.2, 0.25) is 0 Å². The van der Waals surface area contributed by atoms with Crippen molar-refractivity contribution < 1.29 is 38.1 Å². The van der Waals surface area contributed by atoms with Crippen molar-refractivity contribution in [1.29, 1.82) is 0 Å². The van der Waals surface area contributed by atoms with Gasteiger partial charge in [0.15, 0.2) is 0 Å². The Morgan fingerprint density at radius 3 is 1.95 bits per heavy atom. The molecule has 12 nitrogen and oxygen atoms in total. The first-order valence-corrected chi connectivity index (χ1v) is 12.1. The Labute approximate surface area is 219 Å². The van der Waals surface area contributed by atoms with Crippen LogP contribution in [-0.2, 0) is 23.7 Å². The van der Waals surface area contributed by atoms with E-state index in [0.29, 0.717) is 6.42 Å². The van der Waals surface area contributed by atoms with Gasteiger partial charge in [-0.1, -0.05) is 11.6 Å². The summed E-state index contributed by atoms with van der Waals surface area (Å²) >= 11 is 0. The van der Waals surface area contributed by atoms with Crippen LogP contribution in [0.3, 0.4) is 0 Å². The second-order valence-electron chi connectivity index (χ2n) is 11.0. The zero-order valence-corrected chi connectivity index (χ0v) is 23.8. The van der Waals surface area contributed by atoms with Crippen molar-refractivity contribution in [3.05, 3.63) is 11.6 Å². The monoisotopic (exact) mass is 528 g/mol. The molecule has 37 heavy (non-hydrogen) atoms. The van der Waals surface area contributed by atoms with Crippen molar-refractivity contribution in [2.24, 2.45) is 4.99 Å². The lowest BCUT2D eigenvalue weighted by atomic mass is 10.1. The number of nitrogens with one attached hydrogen (secondary N) is 3.